The Morgan fingerprint density at radius 3 is 3.27 bits per heavy atom. The first kappa shape index (κ1) is 8.23. The van der Waals surface area contributed by atoms with Crippen molar-refractivity contribution in [2.75, 3.05) is 0 Å². The summed E-state index contributed by atoms with van der Waals surface area (Å²) in [6.07, 6.45) is 5.12. The number of hydrogen-bond donors (Lipinski definition) is 1. The van der Waals surface area contributed by atoms with Crippen molar-refractivity contribution >= 4 is 0 Å². The highest BCUT2D eigenvalue weighted by atomic mass is 16.5. The van der Waals surface area contributed by atoms with Crippen molar-refractivity contribution in [2.45, 2.75) is 6.61 Å². The molecule has 0 radical (unpaired) electrons. The van der Waals surface area contributed by atoms with Crippen LogP contribution in [0.25, 0.3) is 11.1 Å². The number of nitrogens with zero attached hydrogens (tertiary/aromatic N) is 1. The van der Waals surface area contributed by atoms with Crippen LogP contribution in [0.4, 0.5) is 0 Å². The van der Waals surface area contributed by atoms with Crippen LogP contribution in [0.1, 0.15) is 5.56 Å². The van der Waals surface area contributed by atoms with Crippen molar-refractivity contribution < 1.29 is 4.74 Å². The van der Waals surface area contributed by atoms with Gasteiger partial charge in [-0.15, -0.1) is 0 Å². The topological polar surface area (TPSA) is 55.0 Å². The van der Waals surface area contributed by atoms with Gasteiger partial charge in [0.1, 0.15) is 12.4 Å². The van der Waals surface area contributed by atoms with Gasteiger partial charge in [0, 0.05) is 35.2 Å². The SMILES string of the molecule is O=c1cc2c(c[nH]1)-c1ccncc1OC2. The van der Waals surface area contributed by atoms with Gasteiger partial charge in [-0.1, -0.05) is 0 Å². The minimum absolute atomic E-state index is 0.102. The van der Waals surface area contributed by atoms with Crippen molar-refractivity contribution in [3.8, 4) is 16.9 Å². The average Bonchev–Trinajstić information content (AvgIpc) is 2.28. The molecule has 0 amide bonds. The number of aromatic amines is 1. The largest absolute Gasteiger partial charge is 0.487 e. The first-order chi connectivity index (χ1) is 7.34. The minimum atomic E-state index is -0.102. The summed E-state index contributed by atoms with van der Waals surface area (Å²) < 4.78 is 5.49. The normalized spacial score (nSPS) is 12.5. The van der Waals surface area contributed by atoms with E-state index in [1.165, 1.54) is 0 Å². The van der Waals surface area contributed by atoms with Crippen molar-refractivity contribution in [3.63, 3.8) is 0 Å². The van der Waals surface area contributed by atoms with E-state index < -0.39 is 0 Å². The monoisotopic (exact) mass is 200 g/mol. The quantitative estimate of drug-likeness (QED) is 0.698. The molecule has 0 spiro atoms. The lowest BCUT2D eigenvalue weighted by atomic mass is 10.0. The van der Waals surface area contributed by atoms with E-state index in [9.17, 15) is 4.79 Å². The van der Waals surface area contributed by atoms with Gasteiger partial charge in [0.2, 0.25) is 5.56 Å². The summed E-state index contributed by atoms with van der Waals surface area (Å²) in [5, 5.41) is 0. The first-order valence-electron chi connectivity index (χ1n) is 4.63. The molecular formula is C11H8N2O2. The molecule has 1 aliphatic rings. The van der Waals surface area contributed by atoms with Crippen LogP contribution in [0.3, 0.4) is 0 Å². The molecule has 74 valence electrons. The van der Waals surface area contributed by atoms with Gasteiger partial charge in [-0.2, -0.15) is 0 Å². The molecule has 0 fully saturated rings. The molecule has 0 saturated carbocycles. The van der Waals surface area contributed by atoms with E-state index in [2.05, 4.69) is 9.97 Å². The highest BCUT2D eigenvalue weighted by molar-refractivity contribution is 5.73. The maximum absolute atomic E-state index is 11.1. The molecule has 0 atom stereocenters. The maximum Gasteiger partial charge on any atom is 0.248 e. The lowest BCUT2D eigenvalue weighted by Crippen LogP contribution is -2.12. The fourth-order valence-electron chi connectivity index (χ4n) is 1.76. The molecule has 0 bridgehead atoms. The third-order valence-corrected chi connectivity index (χ3v) is 2.47. The molecule has 4 nitrogen and oxygen atoms in total. The lowest BCUT2D eigenvalue weighted by Gasteiger charge is -2.19. The molecule has 1 N–H and O–H groups in total. The third-order valence-electron chi connectivity index (χ3n) is 2.47. The molecule has 3 rings (SSSR count). The Bertz CT molecular complexity index is 575. The summed E-state index contributed by atoms with van der Waals surface area (Å²) in [4.78, 5) is 17.8. The van der Waals surface area contributed by atoms with Gasteiger partial charge in [-0.25, -0.2) is 0 Å². The predicted molar refractivity (Wildman–Crippen MR) is 54.6 cm³/mol. The van der Waals surface area contributed by atoms with Crippen molar-refractivity contribution in [1.82, 2.24) is 9.97 Å². The Kier molecular flexibility index (Phi) is 1.62. The van der Waals surface area contributed by atoms with Crippen molar-refractivity contribution in [3.05, 3.63) is 46.6 Å². The molecule has 2 aromatic heterocycles. The van der Waals surface area contributed by atoms with Crippen LogP contribution in [0.15, 0.2) is 35.5 Å². The third kappa shape index (κ3) is 1.22. The zero-order valence-corrected chi connectivity index (χ0v) is 7.86. The number of fused-ring (bicyclic) bond motifs is 3. The molecule has 15 heavy (non-hydrogen) atoms. The summed E-state index contributed by atoms with van der Waals surface area (Å²) in [5.74, 6) is 0.761. The average molecular weight is 200 g/mol. The van der Waals surface area contributed by atoms with Crippen molar-refractivity contribution in [2.24, 2.45) is 0 Å². The minimum Gasteiger partial charge on any atom is -0.487 e. The maximum atomic E-state index is 11.1. The van der Waals surface area contributed by atoms with Crippen LogP contribution in [0.5, 0.6) is 5.75 Å². The van der Waals surface area contributed by atoms with E-state index in [0.29, 0.717) is 6.61 Å². The van der Waals surface area contributed by atoms with Gasteiger partial charge >= 0.3 is 0 Å². The van der Waals surface area contributed by atoms with E-state index >= 15 is 0 Å². The lowest BCUT2D eigenvalue weighted by molar-refractivity contribution is 0.301. The highest BCUT2D eigenvalue weighted by Gasteiger charge is 2.16. The number of nitrogens with one attached hydrogen (secondary N) is 1. The fourth-order valence-corrected chi connectivity index (χ4v) is 1.76. The number of rotatable bonds is 0. The second kappa shape index (κ2) is 2.95. The molecular weight excluding hydrogens is 192 g/mol. The molecule has 1 aliphatic heterocycles. The van der Waals surface area contributed by atoms with Gasteiger partial charge < -0.3 is 9.72 Å². The number of ether oxygens (including phenoxy) is 1. The molecule has 0 unspecified atom stereocenters. The number of aromatic nitrogens is 2. The number of pyridine rings is 2. The number of hydrogen-bond acceptors (Lipinski definition) is 3. The smallest absolute Gasteiger partial charge is 0.248 e. The van der Waals surface area contributed by atoms with E-state index in [4.69, 9.17) is 4.74 Å². The van der Waals surface area contributed by atoms with Crippen LogP contribution in [-0.2, 0) is 6.61 Å². The number of H-pyrrole nitrogens is 1. The van der Waals surface area contributed by atoms with Crippen molar-refractivity contribution in [1.29, 1.82) is 0 Å². The van der Waals surface area contributed by atoms with Crippen LogP contribution >= 0.6 is 0 Å². The highest BCUT2D eigenvalue weighted by Crippen LogP contribution is 2.35. The van der Waals surface area contributed by atoms with E-state index in [1.807, 2.05) is 6.07 Å². The van der Waals surface area contributed by atoms with Crippen LogP contribution in [0, 0.1) is 0 Å². The fraction of sp³-hybridized carbons (Fsp3) is 0.0909. The standard InChI is InChI=1S/C11H8N2O2/c14-11-3-7-6-15-10-5-12-2-1-8(10)9(7)4-13-11/h1-5H,6H2,(H,13,14). The second-order valence-corrected chi connectivity index (χ2v) is 3.40. The van der Waals surface area contributed by atoms with Gasteiger partial charge in [-0.05, 0) is 6.07 Å². The Hall–Kier alpha value is -2.10. The summed E-state index contributed by atoms with van der Waals surface area (Å²) in [5.41, 5.74) is 2.80. The zero-order chi connectivity index (χ0) is 10.3. The molecule has 0 aliphatic carbocycles. The molecule has 3 heterocycles. The Balaban J connectivity index is 2.30. The summed E-state index contributed by atoms with van der Waals surface area (Å²) in [7, 11) is 0. The summed E-state index contributed by atoms with van der Waals surface area (Å²) >= 11 is 0. The summed E-state index contributed by atoms with van der Waals surface area (Å²) in [6, 6.07) is 3.45. The van der Waals surface area contributed by atoms with Crippen LogP contribution in [-0.4, -0.2) is 9.97 Å². The van der Waals surface area contributed by atoms with Gasteiger partial charge in [0.15, 0.2) is 0 Å². The Labute approximate surface area is 85.6 Å². The summed E-state index contributed by atoms with van der Waals surface area (Å²) in [6.45, 7) is 0.429. The van der Waals surface area contributed by atoms with E-state index in [0.717, 1.165) is 22.4 Å². The van der Waals surface area contributed by atoms with Crippen LogP contribution in [0.2, 0.25) is 0 Å². The van der Waals surface area contributed by atoms with Gasteiger partial charge in [0.05, 0.1) is 6.20 Å². The molecule has 2 aromatic rings. The Morgan fingerprint density at radius 2 is 2.33 bits per heavy atom. The predicted octanol–water partition coefficient (Wildman–Crippen LogP) is 1.33. The van der Waals surface area contributed by atoms with Gasteiger partial charge in [0.25, 0.3) is 0 Å². The molecule has 0 saturated heterocycles. The first-order valence-corrected chi connectivity index (χ1v) is 4.63. The molecule has 4 heteroatoms. The Morgan fingerprint density at radius 1 is 1.40 bits per heavy atom. The van der Waals surface area contributed by atoms with Crippen LogP contribution < -0.4 is 10.3 Å². The van der Waals surface area contributed by atoms with E-state index in [-0.39, 0.29) is 5.56 Å². The molecule has 0 aromatic carbocycles. The van der Waals surface area contributed by atoms with Gasteiger partial charge in [-0.3, -0.25) is 9.78 Å². The zero-order valence-electron chi connectivity index (χ0n) is 7.86. The van der Waals surface area contributed by atoms with E-state index in [1.54, 1.807) is 24.7 Å². The second-order valence-electron chi connectivity index (χ2n) is 3.40.